The molecule has 0 aromatic heterocycles. The molecular formula is C22H29F3IN3O2. The van der Waals surface area contributed by atoms with Crippen LogP contribution in [0.1, 0.15) is 23.1 Å². The topological polar surface area (TPSA) is 54.9 Å². The van der Waals surface area contributed by atoms with E-state index in [1.165, 1.54) is 5.56 Å². The van der Waals surface area contributed by atoms with Crippen molar-refractivity contribution in [2.24, 2.45) is 4.99 Å². The Bertz CT molecular complexity index is 782. The molecule has 0 radical (unpaired) electrons. The summed E-state index contributed by atoms with van der Waals surface area (Å²) in [7, 11) is 3.36. The highest BCUT2D eigenvalue weighted by Crippen LogP contribution is 2.16. The molecule has 2 rings (SSSR count). The van der Waals surface area contributed by atoms with Crippen molar-refractivity contribution in [2.45, 2.75) is 32.2 Å². The van der Waals surface area contributed by atoms with Crippen molar-refractivity contribution in [2.75, 3.05) is 27.3 Å². The summed E-state index contributed by atoms with van der Waals surface area (Å²) in [6.45, 7) is 0.0322. The third-order valence-corrected chi connectivity index (χ3v) is 4.33. The Kier molecular flexibility index (Phi) is 12.3. The first kappa shape index (κ1) is 27.0. The molecule has 0 bridgehead atoms. The Hall–Kier alpha value is -2.01. The van der Waals surface area contributed by atoms with E-state index >= 15 is 0 Å². The van der Waals surface area contributed by atoms with E-state index in [0.29, 0.717) is 18.1 Å². The fourth-order valence-electron chi connectivity index (χ4n) is 2.74. The summed E-state index contributed by atoms with van der Waals surface area (Å²) in [5.74, 6) is 1.55. The monoisotopic (exact) mass is 551 g/mol. The molecule has 0 saturated carbocycles. The summed E-state index contributed by atoms with van der Waals surface area (Å²) in [6, 6.07) is 15.3. The highest BCUT2D eigenvalue weighted by molar-refractivity contribution is 14.0. The Morgan fingerprint density at radius 3 is 2.13 bits per heavy atom. The highest BCUT2D eigenvalue weighted by Gasteiger charge is 2.27. The van der Waals surface area contributed by atoms with Crippen LogP contribution in [0.25, 0.3) is 0 Å². The third kappa shape index (κ3) is 11.3. The van der Waals surface area contributed by atoms with Crippen LogP contribution in [0.2, 0.25) is 0 Å². The maximum absolute atomic E-state index is 12.1. The number of rotatable bonds is 10. The zero-order valence-electron chi connectivity index (χ0n) is 17.7. The van der Waals surface area contributed by atoms with Gasteiger partial charge in [-0.15, -0.1) is 24.0 Å². The van der Waals surface area contributed by atoms with Crippen LogP contribution in [0.5, 0.6) is 5.75 Å². The Balaban J connectivity index is 0.00000480. The molecule has 0 amide bonds. The van der Waals surface area contributed by atoms with Crippen LogP contribution in [-0.2, 0) is 24.3 Å². The van der Waals surface area contributed by atoms with Crippen molar-refractivity contribution in [3.8, 4) is 5.75 Å². The normalized spacial score (nSPS) is 11.6. The molecule has 2 aromatic rings. The number of alkyl halides is 3. The smallest absolute Gasteiger partial charge is 0.411 e. The Labute approximate surface area is 198 Å². The average molecular weight is 551 g/mol. The lowest BCUT2D eigenvalue weighted by molar-refractivity contribution is -0.176. The van der Waals surface area contributed by atoms with Crippen molar-refractivity contribution in [1.82, 2.24) is 10.6 Å². The Morgan fingerprint density at radius 1 is 0.935 bits per heavy atom. The summed E-state index contributed by atoms with van der Waals surface area (Å²) in [4.78, 5) is 4.20. The predicted molar refractivity (Wildman–Crippen MR) is 127 cm³/mol. The summed E-state index contributed by atoms with van der Waals surface area (Å²) >= 11 is 0. The minimum Gasteiger partial charge on any atom is -0.497 e. The number of halogens is 4. The molecule has 172 valence electrons. The van der Waals surface area contributed by atoms with Gasteiger partial charge in [0.2, 0.25) is 0 Å². The number of guanidine groups is 1. The molecule has 0 spiro atoms. The molecular weight excluding hydrogens is 522 g/mol. The first-order valence-electron chi connectivity index (χ1n) is 9.69. The van der Waals surface area contributed by atoms with Gasteiger partial charge in [-0.2, -0.15) is 13.2 Å². The zero-order chi connectivity index (χ0) is 21.8. The van der Waals surface area contributed by atoms with Crippen molar-refractivity contribution in [3.63, 3.8) is 0 Å². The standard InChI is InChI=1S/C22H28F3N3O2.HI/c1-26-21(27-13-3-4-17-9-11-20(29-2)12-10-17)28-14-18-5-7-19(8-6-18)15-30-16-22(23,24)25;/h5-12H,3-4,13-16H2,1-2H3,(H2,26,27,28);1H. The molecule has 31 heavy (non-hydrogen) atoms. The maximum Gasteiger partial charge on any atom is 0.411 e. The van der Waals surface area contributed by atoms with Gasteiger partial charge in [0.25, 0.3) is 0 Å². The van der Waals surface area contributed by atoms with Gasteiger partial charge >= 0.3 is 6.18 Å². The number of nitrogens with one attached hydrogen (secondary N) is 2. The number of nitrogens with zero attached hydrogens (tertiary/aromatic N) is 1. The maximum atomic E-state index is 12.1. The van der Waals surface area contributed by atoms with E-state index in [-0.39, 0.29) is 30.6 Å². The van der Waals surface area contributed by atoms with Crippen molar-refractivity contribution < 1.29 is 22.6 Å². The third-order valence-electron chi connectivity index (χ3n) is 4.33. The molecule has 2 N–H and O–H groups in total. The van der Waals surface area contributed by atoms with Gasteiger partial charge in [0.1, 0.15) is 12.4 Å². The lowest BCUT2D eigenvalue weighted by Gasteiger charge is -2.12. The van der Waals surface area contributed by atoms with Crippen LogP contribution in [0, 0.1) is 0 Å². The van der Waals surface area contributed by atoms with Crippen molar-refractivity contribution in [1.29, 1.82) is 0 Å². The second kappa shape index (κ2) is 14.1. The molecule has 0 heterocycles. The number of ether oxygens (including phenoxy) is 2. The SMILES string of the molecule is CN=C(NCCCc1ccc(OC)cc1)NCc1ccc(COCC(F)(F)F)cc1.I. The number of hydrogen-bond donors (Lipinski definition) is 2. The van der Waals surface area contributed by atoms with Gasteiger partial charge in [0, 0.05) is 20.1 Å². The number of methoxy groups -OCH3 is 1. The van der Waals surface area contributed by atoms with Gasteiger partial charge in [-0.05, 0) is 41.7 Å². The largest absolute Gasteiger partial charge is 0.497 e. The van der Waals surface area contributed by atoms with E-state index in [0.717, 1.165) is 30.7 Å². The van der Waals surface area contributed by atoms with E-state index in [9.17, 15) is 13.2 Å². The summed E-state index contributed by atoms with van der Waals surface area (Å²) in [5, 5.41) is 6.50. The van der Waals surface area contributed by atoms with E-state index in [1.54, 1.807) is 26.3 Å². The second-order valence-electron chi connectivity index (χ2n) is 6.73. The highest BCUT2D eigenvalue weighted by atomic mass is 127. The Morgan fingerprint density at radius 2 is 1.55 bits per heavy atom. The lowest BCUT2D eigenvalue weighted by Crippen LogP contribution is -2.37. The molecule has 9 heteroatoms. The number of benzene rings is 2. The van der Waals surface area contributed by atoms with Gasteiger partial charge < -0.3 is 20.1 Å². The fourth-order valence-corrected chi connectivity index (χ4v) is 2.74. The van der Waals surface area contributed by atoms with E-state index in [1.807, 2.05) is 24.3 Å². The fraction of sp³-hybridized carbons (Fsp3) is 0.409. The van der Waals surface area contributed by atoms with E-state index in [2.05, 4.69) is 32.5 Å². The molecule has 0 aliphatic rings. The van der Waals surface area contributed by atoms with Gasteiger partial charge in [-0.1, -0.05) is 36.4 Å². The van der Waals surface area contributed by atoms with Crippen LogP contribution in [-0.4, -0.2) is 39.4 Å². The van der Waals surface area contributed by atoms with Gasteiger partial charge in [-0.3, -0.25) is 4.99 Å². The average Bonchev–Trinajstić information content (AvgIpc) is 2.74. The lowest BCUT2D eigenvalue weighted by atomic mass is 10.1. The summed E-state index contributed by atoms with van der Waals surface area (Å²) < 4.78 is 46.1. The molecule has 0 aliphatic carbocycles. The van der Waals surface area contributed by atoms with Crippen molar-refractivity contribution in [3.05, 3.63) is 65.2 Å². The molecule has 2 aromatic carbocycles. The van der Waals surface area contributed by atoms with Crippen LogP contribution >= 0.6 is 24.0 Å². The molecule has 0 unspecified atom stereocenters. The summed E-state index contributed by atoms with van der Waals surface area (Å²) in [6.07, 6.45) is -2.40. The molecule has 0 aliphatic heterocycles. The molecule has 0 fully saturated rings. The molecule has 0 atom stereocenters. The predicted octanol–water partition coefficient (Wildman–Crippen LogP) is 4.69. The summed E-state index contributed by atoms with van der Waals surface area (Å²) in [5.41, 5.74) is 2.94. The van der Waals surface area contributed by atoms with Crippen LogP contribution in [0.15, 0.2) is 53.5 Å². The first-order chi connectivity index (χ1) is 14.4. The van der Waals surface area contributed by atoms with Crippen LogP contribution in [0.3, 0.4) is 0 Å². The number of aryl methyl sites for hydroxylation is 1. The van der Waals surface area contributed by atoms with Gasteiger partial charge in [0.15, 0.2) is 5.96 Å². The first-order valence-corrected chi connectivity index (χ1v) is 9.69. The zero-order valence-corrected chi connectivity index (χ0v) is 20.0. The minimum atomic E-state index is -4.30. The van der Waals surface area contributed by atoms with E-state index < -0.39 is 12.8 Å². The number of hydrogen-bond acceptors (Lipinski definition) is 3. The molecule has 5 nitrogen and oxygen atoms in total. The van der Waals surface area contributed by atoms with E-state index in [4.69, 9.17) is 4.74 Å². The van der Waals surface area contributed by atoms with Crippen molar-refractivity contribution >= 4 is 29.9 Å². The second-order valence-corrected chi connectivity index (χ2v) is 6.73. The quantitative estimate of drug-likeness (QED) is 0.195. The van der Waals surface area contributed by atoms with Gasteiger partial charge in [-0.25, -0.2) is 0 Å². The van der Waals surface area contributed by atoms with Crippen LogP contribution < -0.4 is 15.4 Å². The molecule has 0 saturated heterocycles. The van der Waals surface area contributed by atoms with Crippen LogP contribution in [0.4, 0.5) is 13.2 Å². The minimum absolute atomic E-state index is 0. The van der Waals surface area contributed by atoms with Gasteiger partial charge in [0.05, 0.1) is 13.7 Å². The number of aliphatic imine (C=N–C) groups is 1.